The second-order valence-electron chi connectivity index (χ2n) is 10.0. The molecule has 1 fully saturated rings. The SMILES string of the molecule is CN(C)[P@](=O)(Cl)OC[C@@H]1CN(C(c2ccccc2)(c2ccccc2)c2ccccc2)C[C@H](n2ccc(=O)[nH]c2=O)O1. The van der Waals surface area contributed by atoms with Crippen molar-refractivity contribution >= 4 is 18.1 Å². The highest BCUT2D eigenvalue weighted by molar-refractivity contribution is 7.83. The second-order valence-corrected chi connectivity index (χ2v) is 13.3. The number of rotatable bonds is 9. The molecule has 0 radical (unpaired) electrons. The van der Waals surface area contributed by atoms with E-state index in [0.717, 1.165) is 16.7 Å². The van der Waals surface area contributed by atoms with Crippen molar-refractivity contribution in [2.24, 2.45) is 0 Å². The zero-order chi connectivity index (χ0) is 29.0. The summed E-state index contributed by atoms with van der Waals surface area (Å²) < 4.78 is 27.6. The fraction of sp³-hybridized carbons (Fsp3) is 0.267. The van der Waals surface area contributed by atoms with Crippen molar-refractivity contribution < 1.29 is 13.8 Å². The highest BCUT2D eigenvalue weighted by atomic mass is 35.7. The number of benzene rings is 3. The maximum absolute atomic E-state index is 12.9. The molecular formula is C30H32ClN4O5P. The summed E-state index contributed by atoms with van der Waals surface area (Å²) in [5, 5.41) is 0. The minimum Gasteiger partial charge on any atom is -0.350 e. The van der Waals surface area contributed by atoms with Crippen molar-refractivity contribution in [2.45, 2.75) is 17.9 Å². The Morgan fingerprint density at radius 1 is 0.902 bits per heavy atom. The molecule has 11 heteroatoms. The van der Waals surface area contributed by atoms with Crippen LogP contribution in [0.5, 0.6) is 0 Å². The summed E-state index contributed by atoms with van der Waals surface area (Å²) in [5.41, 5.74) is 1.15. The molecule has 3 aromatic carbocycles. The molecule has 1 aromatic heterocycles. The van der Waals surface area contributed by atoms with E-state index in [-0.39, 0.29) is 13.2 Å². The van der Waals surface area contributed by atoms with Crippen LogP contribution >= 0.6 is 18.1 Å². The zero-order valence-electron chi connectivity index (χ0n) is 22.8. The molecule has 1 aliphatic heterocycles. The summed E-state index contributed by atoms with van der Waals surface area (Å²) in [6.07, 6.45) is -0.00392. The second kappa shape index (κ2) is 12.3. The highest BCUT2D eigenvalue weighted by Gasteiger charge is 2.46. The van der Waals surface area contributed by atoms with Gasteiger partial charge >= 0.3 is 12.6 Å². The maximum atomic E-state index is 12.9. The molecule has 1 aliphatic rings. The molecule has 5 rings (SSSR count). The number of aromatic amines is 1. The Balaban J connectivity index is 1.69. The van der Waals surface area contributed by atoms with Crippen LogP contribution < -0.4 is 11.2 Å². The largest absolute Gasteiger partial charge is 0.362 e. The molecule has 0 saturated carbocycles. The number of ether oxygens (including phenoxy) is 1. The lowest BCUT2D eigenvalue weighted by atomic mass is 9.75. The highest BCUT2D eigenvalue weighted by Crippen LogP contribution is 2.54. The molecule has 0 amide bonds. The van der Waals surface area contributed by atoms with Gasteiger partial charge in [0.05, 0.1) is 18.2 Å². The number of hydrogen-bond acceptors (Lipinski definition) is 6. The summed E-state index contributed by atoms with van der Waals surface area (Å²) >= 11 is 6.20. The van der Waals surface area contributed by atoms with E-state index in [9.17, 15) is 14.2 Å². The fourth-order valence-electron chi connectivity index (χ4n) is 5.37. The van der Waals surface area contributed by atoms with E-state index in [1.54, 1.807) is 14.1 Å². The Morgan fingerprint density at radius 2 is 1.41 bits per heavy atom. The third kappa shape index (κ3) is 6.02. The van der Waals surface area contributed by atoms with Crippen LogP contribution in [0.25, 0.3) is 0 Å². The predicted molar refractivity (Wildman–Crippen MR) is 159 cm³/mol. The summed E-state index contributed by atoms with van der Waals surface area (Å²) in [4.78, 5) is 29.4. The van der Waals surface area contributed by atoms with Crippen LogP contribution in [0.3, 0.4) is 0 Å². The lowest BCUT2D eigenvalue weighted by Gasteiger charge is -2.50. The van der Waals surface area contributed by atoms with Crippen molar-refractivity contribution in [1.29, 1.82) is 0 Å². The molecule has 41 heavy (non-hydrogen) atoms. The molecule has 3 atom stereocenters. The van der Waals surface area contributed by atoms with Crippen LogP contribution in [0.1, 0.15) is 22.9 Å². The first-order chi connectivity index (χ1) is 19.7. The first kappa shape index (κ1) is 29.2. The van der Waals surface area contributed by atoms with E-state index in [1.165, 1.54) is 21.5 Å². The van der Waals surface area contributed by atoms with Crippen LogP contribution in [0.2, 0.25) is 0 Å². The number of H-pyrrole nitrogens is 1. The topological polar surface area (TPSA) is 96.9 Å². The summed E-state index contributed by atoms with van der Waals surface area (Å²) in [6, 6.07) is 31.7. The van der Waals surface area contributed by atoms with Gasteiger partial charge in [-0.1, -0.05) is 91.0 Å². The van der Waals surface area contributed by atoms with Crippen molar-refractivity contribution in [3.8, 4) is 0 Å². The third-order valence-electron chi connectivity index (χ3n) is 7.26. The number of nitrogens with one attached hydrogen (secondary N) is 1. The lowest BCUT2D eigenvalue weighted by molar-refractivity contribution is -0.148. The Kier molecular flexibility index (Phi) is 8.75. The van der Waals surface area contributed by atoms with Crippen LogP contribution in [0, 0.1) is 0 Å². The lowest BCUT2D eigenvalue weighted by Crippen LogP contribution is -2.58. The van der Waals surface area contributed by atoms with Crippen molar-refractivity contribution in [3.63, 3.8) is 0 Å². The fourth-order valence-corrected chi connectivity index (χ4v) is 6.12. The van der Waals surface area contributed by atoms with Crippen molar-refractivity contribution in [1.82, 2.24) is 19.1 Å². The van der Waals surface area contributed by atoms with E-state index < -0.39 is 36.0 Å². The smallest absolute Gasteiger partial charge is 0.350 e. The number of hydrogen-bond donors (Lipinski definition) is 1. The summed E-state index contributed by atoms with van der Waals surface area (Å²) in [7, 11) is 3.16. The van der Waals surface area contributed by atoms with Crippen LogP contribution in [-0.4, -0.2) is 59.0 Å². The molecule has 1 N–H and O–H groups in total. The molecular weight excluding hydrogens is 563 g/mol. The first-order valence-corrected chi connectivity index (χ1v) is 15.7. The van der Waals surface area contributed by atoms with Gasteiger partial charge in [0.2, 0.25) is 0 Å². The number of aromatic nitrogens is 2. The molecule has 9 nitrogen and oxygen atoms in total. The monoisotopic (exact) mass is 594 g/mol. The maximum Gasteiger partial charge on any atom is 0.362 e. The number of nitrogens with zero attached hydrogens (tertiary/aromatic N) is 3. The molecule has 0 unspecified atom stereocenters. The standard InChI is InChI=1S/C30H32ClN4O5P/c1-33(2)41(31,38)39-22-26-20-34(21-28(40-26)35-19-18-27(36)32-29(35)37)30(23-12-6-3-7-13-23,24-14-8-4-9-15-24)25-16-10-5-11-17-25/h3-19,26,28H,20-22H2,1-2H3,(H,32,36,37)/t26-,28+,41-/m0/s1. The van der Waals surface area contributed by atoms with Crippen molar-refractivity contribution in [2.75, 3.05) is 33.8 Å². The molecule has 2 heterocycles. The average molecular weight is 595 g/mol. The Hall–Kier alpha value is -3.30. The summed E-state index contributed by atoms with van der Waals surface area (Å²) in [5.74, 6) is 0. The Bertz CT molecular complexity index is 1520. The van der Waals surface area contributed by atoms with Gasteiger partial charge in [-0.2, -0.15) is 0 Å². The normalized spacial score (nSPS) is 19.6. The molecule has 0 spiro atoms. The minimum atomic E-state index is -3.58. The van der Waals surface area contributed by atoms with Gasteiger partial charge in [-0.15, -0.1) is 0 Å². The van der Waals surface area contributed by atoms with Gasteiger partial charge in [0, 0.05) is 25.4 Å². The molecule has 214 valence electrons. The Morgan fingerprint density at radius 3 is 1.88 bits per heavy atom. The number of morpholine rings is 1. The van der Waals surface area contributed by atoms with E-state index in [4.69, 9.17) is 20.5 Å². The third-order valence-corrected chi connectivity index (χ3v) is 9.88. The van der Waals surface area contributed by atoms with Crippen LogP contribution in [-0.2, 0) is 19.4 Å². The van der Waals surface area contributed by atoms with Gasteiger partial charge in [-0.3, -0.25) is 23.8 Å². The van der Waals surface area contributed by atoms with Gasteiger partial charge in [-0.25, -0.2) is 9.46 Å². The van der Waals surface area contributed by atoms with Gasteiger partial charge in [0.25, 0.3) is 5.56 Å². The Labute approximate surface area is 243 Å². The van der Waals surface area contributed by atoms with Crippen LogP contribution in [0.4, 0.5) is 0 Å². The van der Waals surface area contributed by atoms with E-state index in [2.05, 4.69) is 46.3 Å². The molecule has 4 aromatic rings. The molecule has 1 saturated heterocycles. The van der Waals surface area contributed by atoms with Gasteiger partial charge < -0.3 is 9.26 Å². The van der Waals surface area contributed by atoms with E-state index >= 15 is 0 Å². The first-order valence-electron chi connectivity index (χ1n) is 13.2. The predicted octanol–water partition coefficient (Wildman–Crippen LogP) is 4.65. The van der Waals surface area contributed by atoms with E-state index in [0.29, 0.717) is 6.54 Å². The molecule has 0 bridgehead atoms. The van der Waals surface area contributed by atoms with Gasteiger partial charge in [0.1, 0.15) is 0 Å². The van der Waals surface area contributed by atoms with E-state index in [1.807, 2.05) is 54.6 Å². The van der Waals surface area contributed by atoms with Crippen molar-refractivity contribution in [3.05, 3.63) is 141 Å². The quantitative estimate of drug-likeness (QED) is 0.222. The van der Waals surface area contributed by atoms with Gasteiger partial charge in [0.15, 0.2) is 6.23 Å². The molecule has 0 aliphatic carbocycles. The minimum absolute atomic E-state index is 0.0848. The zero-order valence-corrected chi connectivity index (χ0v) is 24.4. The van der Waals surface area contributed by atoms with Gasteiger partial charge in [-0.05, 0) is 42.0 Å². The summed E-state index contributed by atoms with van der Waals surface area (Å²) in [6.45, 7) is -3.02. The number of halogens is 1. The average Bonchev–Trinajstić information content (AvgIpc) is 2.98. The van der Waals surface area contributed by atoms with Crippen LogP contribution in [0.15, 0.2) is 113 Å².